The van der Waals surface area contributed by atoms with Gasteiger partial charge in [-0.05, 0) is 29.8 Å². The van der Waals surface area contributed by atoms with Crippen LogP contribution in [0.2, 0.25) is 5.02 Å². The normalized spacial score (nSPS) is 19.1. The van der Waals surface area contributed by atoms with E-state index in [0.717, 1.165) is 28.2 Å². The van der Waals surface area contributed by atoms with E-state index in [0.29, 0.717) is 11.4 Å². The van der Waals surface area contributed by atoms with E-state index in [-0.39, 0.29) is 18.0 Å². The third kappa shape index (κ3) is 3.75. The van der Waals surface area contributed by atoms with Crippen LogP contribution in [-0.4, -0.2) is 17.9 Å². The maximum atomic E-state index is 10.4. The molecule has 28 heavy (non-hydrogen) atoms. The van der Waals surface area contributed by atoms with Crippen LogP contribution in [0.3, 0.4) is 0 Å². The molecule has 5 heteroatoms. The molecule has 0 bridgehead atoms. The smallest absolute Gasteiger partial charge is 0.129 e. The van der Waals surface area contributed by atoms with Gasteiger partial charge < -0.3 is 9.84 Å². The summed E-state index contributed by atoms with van der Waals surface area (Å²) in [5.74, 6) is 1.05. The van der Waals surface area contributed by atoms with E-state index in [1.807, 2.05) is 66.7 Å². The molecule has 0 amide bonds. The third-order valence-electron chi connectivity index (χ3n) is 4.96. The Morgan fingerprint density at radius 3 is 2.36 bits per heavy atom. The molecule has 4 rings (SSSR count). The number of aliphatic imine (C=N–C) groups is 1. The number of phenols is 1. The summed E-state index contributed by atoms with van der Waals surface area (Å²) < 4.78 is 5.54. The lowest BCUT2D eigenvalue weighted by molar-refractivity contribution is 0.381. The molecule has 4 nitrogen and oxygen atoms in total. The number of methoxy groups -OCH3 is 1. The number of nitrogens with one attached hydrogen (secondary N) is 1. The van der Waals surface area contributed by atoms with Crippen molar-refractivity contribution in [1.29, 1.82) is 0 Å². The van der Waals surface area contributed by atoms with Gasteiger partial charge in [-0.2, -0.15) is 0 Å². The Labute approximate surface area is 169 Å². The van der Waals surface area contributed by atoms with Crippen LogP contribution in [0.25, 0.3) is 0 Å². The second kappa shape index (κ2) is 8.05. The lowest BCUT2D eigenvalue weighted by Crippen LogP contribution is -2.33. The van der Waals surface area contributed by atoms with Crippen LogP contribution in [0.15, 0.2) is 77.8 Å². The van der Waals surface area contributed by atoms with Crippen molar-refractivity contribution in [2.45, 2.75) is 18.6 Å². The van der Waals surface area contributed by atoms with Gasteiger partial charge in [-0.3, -0.25) is 10.3 Å². The highest BCUT2D eigenvalue weighted by Gasteiger charge is 2.28. The summed E-state index contributed by atoms with van der Waals surface area (Å²) in [5.41, 5.74) is 3.78. The molecule has 0 saturated carbocycles. The monoisotopic (exact) mass is 392 g/mol. The Bertz CT molecular complexity index is 1000. The van der Waals surface area contributed by atoms with Crippen molar-refractivity contribution in [3.8, 4) is 11.5 Å². The highest BCUT2D eigenvalue weighted by molar-refractivity contribution is 6.30. The van der Waals surface area contributed by atoms with Crippen LogP contribution in [0.5, 0.6) is 11.5 Å². The van der Waals surface area contributed by atoms with E-state index in [1.54, 1.807) is 13.2 Å². The molecule has 142 valence electrons. The van der Waals surface area contributed by atoms with Crippen LogP contribution >= 0.6 is 11.6 Å². The number of hydrogen-bond acceptors (Lipinski definition) is 4. The zero-order valence-electron chi connectivity index (χ0n) is 15.5. The van der Waals surface area contributed by atoms with Crippen LogP contribution in [0.1, 0.15) is 35.3 Å². The minimum Gasteiger partial charge on any atom is -0.508 e. The summed E-state index contributed by atoms with van der Waals surface area (Å²) in [6.07, 6.45) is 0.366. The van der Waals surface area contributed by atoms with Crippen LogP contribution in [0, 0.1) is 0 Å². The third-order valence-corrected chi connectivity index (χ3v) is 5.22. The van der Waals surface area contributed by atoms with Gasteiger partial charge in [0.25, 0.3) is 0 Å². The van der Waals surface area contributed by atoms with Gasteiger partial charge in [-0.25, -0.2) is 0 Å². The Morgan fingerprint density at radius 1 is 0.964 bits per heavy atom. The zero-order valence-corrected chi connectivity index (χ0v) is 16.2. The maximum Gasteiger partial charge on any atom is 0.129 e. The van der Waals surface area contributed by atoms with Crippen molar-refractivity contribution >= 4 is 17.3 Å². The topological polar surface area (TPSA) is 53.9 Å². The number of ether oxygens (including phenoxy) is 1. The lowest BCUT2D eigenvalue weighted by atomic mass is 9.93. The van der Waals surface area contributed by atoms with Crippen molar-refractivity contribution in [2.24, 2.45) is 4.99 Å². The van der Waals surface area contributed by atoms with Gasteiger partial charge in [0.15, 0.2) is 0 Å². The molecule has 0 aliphatic carbocycles. The summed E-state index contributed by atoms with van der Waals surface area (Å²) in [6, 6.07) is 22.9. The molecule has 0 unspecified atom stereocenters. The minimum atomic E-state index is -0.291. The van der Waals surface area contributed by atoms with E-state index < -0.39 is 0 Å². The molecule has 1 heterocycles. The molecule has 1 aliphatic rings. The molecule has 2 atom stereocenters. The molecular formula is C23H21ClN2O2. The Hall–Kier alpha value is -2.82. The first-order chi connectivity index (χ1) is 13.7. The largest absolute Gasteiger partial charge is 0.508 e. The number of nitrogens with zero attached hydrogens (tertiary/aromatic N) is 1. The molecule has 0 fully saturated rings. The van der Waals surface area contributed by atoms with E-state index in [1.165, 1.54) is 0 Å². The summed E-state index contributed by atoms with van der Waals surface area (Å²) in [7, 11) is 1.66. The van der Waals surface area contributed by atoms with Crippen molar-refractivity contribution < 1.29 is 9.84 Å². The fourth-order valence-electron chi connectivity index (χ4n) is 3.56. The SMILES string of the molecule is COc1ccccc1[C@H]1N=C(c2ccc(Cl)cc2)C[C@H](c2ccccc2O)N1. The zero-order chi connectivity index (χ0) is 19.5. The highest BCUT2D eigenvalue weighted by atomic mass is 35.5. The minimum absolute atomic E-state index is 0.0840. The second-order valence-corrected chi connectivity index (χ2v) is 7.15. The molecule has 3 aromatic rings. The maximum absolute atomic E-state index is 10.4. The standard InChI is InChI=1S/C23H21ClN2O2/c1-28-22-9-5-3-7-18(22)23-25-19(15-10-12-16(24)13-11-15)14-20(26-23)17-6-2-4-8-21(17)27/h2-13,20,23,26-27H,14H2,1H3/t20-,23+/m1/s1. The fraction of sp³-hybridized carbons (Fsp3) is 0.174. The number of phenolic OH excluding ortho intramolecular Hbond substituents is 1. The van der Waals surface area contributed by atoms with Gasteiger partial charge in [0.05, 0.1) is 7.11 Å². The molecule has 0 aromatic heterocycles. The molecular weight excluding hydrogens is 372 g/mol. The Morgan fingerprint density at radius 2 is 1.64 bits per heavy atom. The fourth-order valence-corrected chi connectivity index (χ4v) is 3.68. The Kier molecular flexibility index (Phi) is 5.33. The van der Waals surface area contributed by atoms with Crippen molar-refractivity contribution in [3.63, 3.8) is 0 Å². The molecule has 3 aromatic carbocycles. The summed E-state index contributed by atoms with van der Waals surface area (Å²) in [6.45, 7) is 0. The molecule has 1 aliphatic heterocycles. The first kappa shape index (κ1) is 18.5. The van der Waals surface area contributed by atoms with E-state index in [2.05, 4.69) is 5.32 Å². The van der Waals surface area contributed by atoms with Crippen LogP contribution < -0.4 is 10.1 Å². The Balaban J connectivity index is 1.78. The van der Waals surface area contributed by atoms with Gasteiger partial charge in [-0.15, -0.1) is 0 Å². The summed E-state index contributed by atoms with van der Waals surface area (Å²) >= 11 is 6.06. The quantitative estimate of drug-likeness (QED) is 0.635. The molecule has 0 spiro atoms. The number of rotatable bonds is 4. The average Bonchev–Trinajstić information content (AvgIpc) is 2.74. The second-order valence-electron chi connectivity index (χ2n) is 6.71. The molecule has 0 radical (unpaired) electrons. The van der Waals surface area contributed by atoms with Gasteiger partial charge in [0.2, 0.25) is 0 Å². The van der Waals surface area contributed by atoms with Crippen molar-refractivity contribution in [1.82, 2.24) is 5.32 Å². The van der Waals surface area contributed by atoms with Crippen molar-refractivity contribution in [3.05, 3.63) is 94.5 Å². The predicted octanol–water partition coefficient (Wildman–Crippen LogP) is 5.28. The van der Waals surface area contributed by atoms with Gasteiger partial charge in [0.1, 0.15) is 17.7 Å². The first-order valence-electron chi connectivity index (χ1n) is 9.15. The van der Waals surface area contributed by atoms with Crippen LogP contribution in [-0.2, 0) is 0 Å². The van der Waals surface area contributed by atoms with E-state index in [4.69, 9.17) is 21.3 Å². The highest BCUT2D eigenvalue weighted by Crippen LogP contribution is 2.36. The number of aromatic hydroxyl groups is 1. The first-order valence-corrected chi connectivity index (χ1v) is 9.53. The molecule has 2 N–H and O–H groups in total. The number of hydrogen-bond donors (Lipinski definition) is 2. The average molecular weight is 393 g/mol. The van der Waals surface area contributed by atoms with Crippen molar-refractivity contribution in [2.75, 3.05) is 7.11 Å². The molecule has 0 saturated heterocycles. The number of para-hydroxylation sites is 2. The van der Waals surface area contributed by atoms with Gasteiger partial charge in [-0.1, -0.05) is 60.1 Å². The summed E-state index contributed by atoms with van der Waals surface area (Å²) in [4.78, 5) is 4.97. The van der Waals surface area contributed by atoms with E-state index in [9.17, 15) is 5.11 Å². The lowest BCUT2D eigenvalue weighted by Gasteiger charge is -2.31. The number of halogens is 1. The van der Waals surface area contributed by atoms with E-state index >= 15 is 0 Å². The summed E-state index contributed by atoms with van der Waals surface area (Å²) in [5, 5.41) is 14.6. The predicted molar refractivity (Wildman–Crippen MR) is 112 cm³/mol. The van der Waals surface area contributed by atoms with Crippen LogP contribution in [0.4, 0.5) is 0 Å². The van der Waals surface area contributed by atoms with Gasteiger partial charge >= 0.3 is 0 Å². The number of benzene rings is 3. The van der Waals surface area contributed by atoms with Gasteiger partial charge in [0, 0.05) is 34.3 Å².